The number of carbonyl (C=O) groups excluding carboxylic acids is 1. The van der Waals surface area contributed by atoms with E-state index >= 15 is 0 Å². The summed E-state index contributed by atoms with van der Waals surface area (Å²) in [5.74, 6) is -0.907. The van der Waals surface area contributed by atoms with Gasteiger partial charge in [-0.25, -0.2) is 9.37 Å². The monoisotopic (exact) mass is 255 g/mol. The Morgan fingerprint density at radius 1 is 1.61 bits per heavy atom. The lowest BCUT2D eigenvalue weighted by Crippen LogP contribution is -2.34. The van der Waals surface area contributed by atoms with Crippen molar-refractivity contribution < 1.29 is 13.9 Å². The van der Waals surface area contributed by atoms with Crippen LogP contribution < -0.4 is 5.32 Å². The Morgan fingerprint density at radius 3 is 2.89 bits per heavy atom. The van der Waals surface area contributed by atoms with Crippen molar-refractivity contribution in [1.29, 1.82) is 0 Å². The molecule has 0 spiro atoms. The van der Waals surface area contributed by atoms with Crippen LogP contribution in [0.2, 0.25) is 0 Å². The summed E-state index contributed by atoms with van der Waals surface area (Å²) in [6.45, 7) is 3.19. The second kappa shape index (κ2) is 6.90. The van der Waals surface area contributed by atoms with Gasteiger partial charge in [0.2, 0.25) is 0 Å². The number of rotatable bonds is 6. The van der Waals surface area contributed by atoms with E-state index in [2.05, 4.69) is 10.3 Å². The van der Waals surface area contributed by atoms with E-state index in [1.165, 1.54) is 17.2 Å². The van der Waals surface area contributed by atoms with Gasteiger partial charge in [0.25, 0.3) is 5.91 Å². The summed E-state index contributed by atoms with van der Waals surface area (Å²) in [6.07, 6.45) is 1.41. The Kier molecular flexibility index (Phi) is 5.51. The van der Waals surface area contributed by atoms with Crippen molar-refractivity contribution in [3.8, 4) is 0 Å². The minimum absolute atomic E-state index is 0.0207. The van der Waals surface area contributed by atoms with Gasteiger partial charge in [-0.3, -0.25) is 4.79 Å². The van der Waals surface area contributed by atoms with Crippen LogP contribution in [-0.2, 0) is 4.74 Å². The molecule has 1 amide bonds. The fraction of sp³-hybridized carbons (Fsp3) is 0.500. The molecule has 0 aromatic carbocycles. The van der Waals surface area contributed by atoms with Crippen molar-refractivity contribution in [3.05, 3.63) is 23.6 Å². The Morgan fingerprint density at radius 2 is 2.33 bits per heavy atom. The van der Waals surface area contributed by atoms with Crippen LogP contribution in [0.25, 0.3) is 0 Å². The van der Waals surface area contributed by atoms with Gasteiger partial charge >= 0.3 is 0 Å². The van der Waals surface area contributed by atoms with Crippen molar-refractivity contribution in [1.82, 2.24) is 9.88 Å². The van der Waals surface area contributed by atoms with E-state index in [1.807, 2.05) is 6.92 Å². The zero-order chi connectivity index (χ0) is 13.5. The third-order valence-corrected chi connectivity index (χ3v) is 2.59. The molecule has 0 bridgehead atoms. The number of amides is 1. The summed E-state index contributed by atoms with van der Waals surface area (Å²) in [5, 5.41) is 2.61. The van der Waals surface area contributed by atoms with Crippen LogP contribution in [0.5, 0.6) is 0 Å². The van der Waals surface area contributed by atoms with Crippen molar-refractivity contribution in [2.24, 2.45) is 0 Å². The third-order valence-electron chi connectivity index (χ3n) is 2.59. The van der Waals surface area contributed by atoms with Gasteiger partial charge in [0, 0.05) is 33.4 Å². The Balaban J connectivity index is 2.94. The zero-order valence-electron chi connectivity index (χ0n) is 10.9. The SMILES string of the molecule is CCN(CCOC)C(=O)c1ccnc(NC)c1F. The van der Waals surface area contributed by atoms with E-state index < -0.39 is 5.82 Å². The second-order valence-electron chi connectivity index (χ2n) is 3.65. The summed E-state index contributed by atoms with van der Waals surface area (Å²) >= 11 is 0. The van der Waals surface area contributed by atoms with Crippen molar-refractivity contribution in [2.45, 2.75) is 6.92 Å². The predicted octanol–water partition coefficient (Wildman–Crippen LogP) is 1.37. The molecule has 6 heteroatoms. The lowest BCUT2D eigenvalue weighted by molar-refractivity contribution is 0.0702. The summed E-state index contributed by atoms with van der Waals surface area (Å²) in [6, 6.07) is 1.38. The van der Waals surface area contributed by atoms with E-state index in [-0.39, 0.29) is 17.3 Å². The standard InChI is InChI=1S/C12H18FN3O2/c1-4-16(7-8-18-3)12(17)9-5-6-15-11(14-2)10(9)13/h5-6H,4,7-8H2,1-3H3,(H,14,15). The molecule has 1 N–H and O–H groups in total. The molecular formula is C12H18FN3O2. The number of halogens is 1. The molecular weight excluding hydrogens is 237 g/mol. The largest absolute Gasteiger partial charge is 0.383 e. The highest BCUT2D eigenvalue weighted by Gasteiger charge is 2.20. The van der Waals surface area contributed by atoms with Gasteiger partial charge in [-0.1, -0.05) is 0 Å². The van der Waals surface area contributed by atoms with Gasteiger partial charge in [0.15, 0.2) is 11.6 Å². The van der Waals surface area contributed by atoms with Crippen LogP contribution in [0.1, 0.15) is 17.3 Å². The van der Waals surface area contributed by atoms with Crippen LogP contribution in [0, 0.1) is 5.82 Å². The maximum atomic E-state index is 13.9. The molecule has 1 rings (SSSR count). The molecule has 0 aliphatic rings. The summed E-state index contributed by atoms with van der Waals surface area (Å²) < 4.78 is 18.9. The maximum Gasteiger partial charge on any atom is 0.257 e. The van der Waals surface area contributed by atoms with Crippen LogP contribution >= 0.6 is 0 Å². The number of methoxy groups -OCH3 is 1. The molecule has 0 fully saturated rings. The molecule has 100 valence electrons. The molecule has 0 radical (unpaired) electrons. The summed E-state index contributed by atoms with van der Waals surface area (Å²) in [5.41, 5.74) is 0.0207. The minimum Gasteiger partial charge on any atom is -0.383 e. The number of nitrogens with one attached hydrogen (secondary N) is 1. The number of nitrogens with zero attached hydrogens (tertiary/aromatic N) is 2. The highest BCUT2D eigenvalue weighted by molar-refractivity contribution is 5.95. The number of carbonyl (C=O) groups is 1. The van der Waals surface area contributed by atoms with Gasteiger partial charge in [0.05, 0.1) is 12.2 Å². The van der Waals surface area contributed by atoms with Gasteiger partial charge in [0.1, 0.15) is 0 Å². The van der Waals surface area contributed by atoms with Crippen molar-refractivity contribution in [2.75, 3.05) is 39.2 Å². The van der Waals surface area contributed by atoms with E-state index in [9.17, 15) is 9.18 Å². The molecule has 5 nitrogen and oxygen atoms in total. The molecule has 0 aliphatic heterocycles. The smallest absolute Gasteiger partial charge is 0.257 e. The molecule has 1 aromatic heterocycles. The molecule has 1 heterocycles. The first-order valence-corrected chi connectivity index (χ1v) is 5.76. The number of ether oxygens (including phenoxy) is 1. The number of likely N-dealkylation sites (N-methyl/N-ethyl adjacent to an activating group) is 1. The molecule has 0 unspecified atom stereocenters. The van der Waals surface area contributed by atoms with E-state index in [4.69, 9.17) is 4.74 Å². The van der Waals surface area contributed by atoms with Crippen LogP contribution in [0.15, 0.2) is 12.3 Å². The molecule has 0 saturated carbocycles. The average Bonchev–Trinajstić information content (AvgIpc) is 2.39. The fourth-order valence-corrected chi connectivity index (χ4v) is 1.56. The summed E-state index contributed by atoms with van der Waals surface area (Å²) in [7, 11) is 3.12. The Hall–Kier alpha value is -1.69. The van der Waals surface area contributed by atoms with E-state index in [1.54, 1.807) is 14.2 Å². The van der Waals surface area contributed by atoms with Crippen LogP contribution in [-0.4, -0.2) is 49.6 Å². The third kappa shape index (κ3) is 3.16. The number of hydrogen-bond acceptors (Lipinski definition) is 4. The zero-order valence-corrected chi connectivity index (χ0v) is 10.9. The first-order chi connectivity index (χ1) is 8.65. The van der Waals surface area contributed by atoms with Crippen molar-refractivity contribution >= 4 is 11.7 Å². The number of hydrogen-bond donors (Lipinski definition) is 1. The molecule has 0 aliphatic carbocycles. The highest BCUT2D eigenvalue weighted by Crippen LogP contribution is 2.16. The predicted molar refractivity (Wildman–Crippen MR) is 67.2 cm³/mol. The number of pyridine rings is 1. The van der Waals surface area contributed by atoms with Crippen LogP contribution in [0.3, 0.4) is 0 Å². The van der Waals surface area contributed by atoms with E-state index in [0.29, 0.717) is 19.7 Å². The summed E-state index contributed by atoms with van der Waals surface area (Å²) in [4.78, 5) is 17.5. The highest BCUT2D eigenvalue weighted by atomic mass is 19.1. The lowest BCUT2D eigenvalue weighted by atomic mass is 10.2. The Bertz CT molecular complexity index is 412. The van der Waals surface area contributed by atoms with Gasteiger partial charge < -0.3 is 15.0 Å². The minimum atomic E-state index is -0.624. The average molecular weight is 255 g/mol. The van der Waals surface area contributed by atoms with Gasteiger partial charge in [-0.05, 0) is 13.0 Å². The normalized spacial score (nSPS) is 10.2. The first-order valence-electron chi connectivity index (χ1n) is 5.76. The lowest BCUT2D eigenvalue weighted by Gasteiger charge is -2.21. The first kappa shape index (κ1) is 14.4. The van der Waals surface area contributed by atoms with Crippen LogP contribution in [0.4, 0.5) is 10.2 Å². The molecule has 18 heavy (non-hydrogen) atoms. The van der Waals surface area contributed by atoms with Gasteiger partial charge in [-0.15, -0.1) is 0 Å². The molecule has 0 saturated heterocycles. The maximum absolute atomic E-state index is 13.9. The van der Waals surface area contributed by atoms with Crippen molar-refractivity contribution in [3.63, 3.8) is 0 Å². The second-order valence-corrected chi connectivity index (χ2v) is 3.65. The Labute approximate surface area is 106 Å². The number of aromatic nitrogens is 1. The topological polar surface area (TPSA) is 54.5 Å². The fourth-order valence-electron chi connectivity index (χ4n) is 1.56. The molecule has 0 atom stereocenters. The number of anilines is 1. The van der Waals surface area contributed by atoms with Gasteiger partial charge in [-0.2, -0.15) is 0 Å². The molecule has 1 aromatic rings. The van der Waals surface area contributed by atoms with E-state index in [0.717, 1.165) is 0 Å². The quantitative estimate of drug-likeness (QED) is 0.834.